The zero-order valence-electron chi connectivity index (χ0n) is 21.7. The van der Waals surface area contributed by atoms with Gasteiger partial charge in [0.05, 0.1) is 19.1 Å². The number of sulfonamides is 1. The number of hydrogen-bond donors (Lipinski definition) is 1. The highest BCUT2D eigenvalue weighted by atomic mass is 35.5. The van der Waals surface area contributed by atoms with Gasteiger partial charge >= 0.3 is 0 Å². The molecule has 2 unspecified atom stereocenters. The molecule has 8 nitrogen and oxygen atoms in total. The number of aryl methyl sites for hydroxylation is 1. The number of hydrogen-bond acceptors (Lipinski definition) is 5. The average molecular weight is 538 g/mol. The van der Waals surface area contributed by atoms with E-state index in [0.717, 1.165) is 28.1 Å². The summed E-state index contributed by atoms with van der Waals surface area (Å²) < 4.78 is 31.9. The maximum absolute atomic E-state index is 13.8. The SMILES string of the molecule is CCC(C)NC(=O)C(CC)N(Cc1ccc(C)cc1)C(=O)CN(c1cc(Cl)ccc1OC)S(C)(=O)=O. The molecule has 2 aromatic carbocycles. The van der Waals surface area contributed by atoms with Crippen LogP contribution in [0.15, 0.2) is 42.5 Å². The highest BCUT2D eigenvalue weighted by Crippen LogP contribution is 2.33. The van der Waals surface area contributed by atoms with E-state index in [1.165, 1.54) is 18.1 Å². The van der Waals surface area contributed by atoms with Crippen LogP contribution in [0.5, 0.6) is 5.75 Å². The monoisotopic (exact) mass is 537 g/mol. The van der Waals surface area contributed by atoms with Gasteiger partial charge in [0, 0.05) is 17.6 Å². The van der Waals surface area contributed by atoms with E-state index in [2.05, 4.69) is 5.32 Å². The van der Waals surface area contributed by atoms with E-state index in [1.54, 1.807) is 12.1 Å². The van der Waals surface area contributed by atoms with Gasteiger partial charge in [-0.1, -0.05) is 55.3 Å². The summed E-state index contributed by atoms with van der Waals surface area (Å²) in [7, 11) is -2.50. The van der Waals surface area contributed by atoms with Crippen LogP contribution in [0.2, 0.25) is 5.02 Å². The normalized spacial score (nSPS) is 13.0. The summed E-state index contributed by atoms with van der Waals surface area (Å²) in [6.45, 7) is 7.27. The Morgan fingerprint density at radius 3 is 2.25 bits per heavy atom. The van der Waals surface area contributed by atoms with Crippen molar-refractivity contribution in [2.45, 2.75) is 59.2 Å². The average Bonchev–Trinajstić information content (AvgIpc) is 2.82. The Morgan fingerprint density at radius 2 is 1.72 bits per heavy atom. The summed E-state index contributed by atoms with van der Waals surface area (Å²) in [6.07, 6.45) is 2.11. The fourth-order valence-corrected chi connectivity index (χ4v) is 4.71. The van der Waals surface area contributed by atoms with Gasteiger partial charge in [-0.3, -0.25) is 13.9 Å². The number of carbonyl (C=O) groups excluding carboxylic acids is 2. The molecule has 2 atom stereocenters. The van der Waals surface area contributed by atoms with Crippen molar-refractivity contribution in [2.24, 2.45) is 0 Å². The van der Waals surface area contributed by atoms with Crippen LogP contribution in [-0.2, 0) is 26.2 Å². The predicted molar refractivity (Wildman–Crippen MR) is 144 cm³/mol. The van der Waals surface area contributed by atoms with Gasteiger partial charge in [-0.05, 0) is 50.5 Å². The number of halogens is 1. The first-order valence-corrected chi connectivity index (χ1v) is 14.1. The standard InChI is InChI=1S/C26H36ClN3O5S/c1-7-19(4)28-26(32)22(8-2)29(16-20-11-9-18(3)10-12-20)25(31)17-30(36(6,33)34)23-15-21(27)13-14-24(23)35-5/h9-15,19,22H,7-8,16-17H2,1-6H3,(H,28,32). The second kappa shape index (κ2) is 13.0. The summed E-state index contributed by atoms with van der Waals surface area (Å²) in [4.78, 5) is 28.4. The molecule has 0 bridgehead atoms. The number of nitrogens with one attached hydrogen (secondary N) is 1. The van der Waals surface area contributed by atoms with Gasteiger partial charge in [-0.2, -0.15) is 0 Å². The van der Waals surface area contributed by atoms with Gasteiger partial charge in [-0.25, -0.2) is 8.42 Å². The van der Waals surface area contributed by atoms with Gasteiger partial charge in [-0.15, -0.1) is 0 Å². The fraction of sp³-hybridized carbons (Fsp3) is 0.462. The first-order chi connectivity index (χ1) is 16.9. The molecule has 10 heteroatoms. The number of benzene rings is 2. The van der Waals surface area contributed by atoms with Crippen LogP contribution < -0.4 is 14.4 Å². The van der Waals surface area contributed by atoms with Crippen LogP contribution >= 0.6 is 11.6 Å². The van der Waals surface area contributed by atoms with Crippen molar-refractivity contribution in [3.05, 3.63) is 58.6 Å². The van der Waals surface area contributed by atoms with Crippen LogP contribution in [-0.4, -0.2) is 57.1 Å². The highest BCUT2D eigenvalue weighted by Gasteiger charge is 2.33. The van der Waals surface area contributed by atoms with Gasteiger partial charge in [0.15, 0.2) is 0 Å². The zero-order chi connectivity index (χ0) is 27.0. The van der Waals surface area contributed by atoms with E-state index >= 15 is 0 Å². The van der Waals surface area contributed by atoms with E-state index in [4.69, 9.17) is 16.3 Å². The molecule has 1 N–H and O–H groups in total. The Bertz CT molecular complexity index is 1150. The topological polar surface area (TPSA) is 96.0 Å². The van der Waals surface area contributed by atoms with Crippen LogP contribution in [0, 0.1) is 6.92 Å². The van der Waals surface area contributed by atoms with Crippen molar-refractivity contribution in [2.75, 3.05) is 24.2 Å². The number of ether oxygens (including phenoxy) is 1. The highest BCUT2D eigenvalue weighted by molar-refractivity contribution is 7.92. The largest absolute Gasteiger partial charge is 0.495 e. The fourth-order valence-electron chi connectivity index (χ4n) is 3.70. The lowest BCUT2D eigenvalue weighted by Crippen LogP contribution is -2.53. The number of rotatable bonds is 12. The third kappa shape index (κ3) is 7.86. The molecule has 198 valence electrons. The molecule has 0 heterocycles. The minimum atomic E-state index is -3.90. The van der Waals surface area contributed by atoms with E-state index in [-0.39, 0.29) is 29.9 Å². The van der Waals surface area contributed by atoms with Crippen molar-refractivity contribution in [3.63, 3.8) is 0 Å². The van der Waals surface area contributed by atoms with Gasteiger partial charge in [0.2, 0.25) is 21.8 Å². The van der Waals surface area contributed by atoms with Gasteiger partial charge < -0.3 is 15.0 Å². The summed E-state index contributed by atoms with van der Waals surface area (Å²) in [5.74, 6) is -0.544. The molecule has 0 aliphatic rings. The van der Waals surface area contributed by atoms with Crippen molar-refractivity contribution in [1.82, 2.24) is 10.2 Å². The Morgan fingerprint density at radius 1 is 1.08 bits per heavy atom. The van der Waals surface area contributed by atoms with Crippen molar-refractivity contribution in [3.8, 4) is 5.75 Å². The first-order valence-electron chi connectivity index (χ1n) is 11.9. The molecule has 0 radical (unpaired) electrons. The van der Waals surface area contributed by atoms with Gasteiger partial charge in [0.1, 0.15) is 18.3 Å². The van der Waals surface area contributed by atoms with Crippen molar-refractivity contribution in [1.29, 1.82) is 0 Å². The Hall–Kier alpha value is -2.78. The maximum atomic E-state index is 13.8. The predicted octanol–water partition coefficient (Wildman–Crippen LogP) is 4.15. The van der Waals surface area contributed by atoms with Crippen LogP contribution in [0.1, 0.15) is 44.7 Å². The van der Waals surface area contributed by atoms with E-state index in [9.17, 15) is 18.0 Å². The Balaban J connectivity index is 2.50. The number of anilines is 1. The van der Waals surface area contributed by atoms with E-state index < -0.39 is 28.5 Å². The lowest BCUT2D eigenvalue weighted by Gasteiger charge is -2.33. The molecule has 0 aliphatic heterocycles. The molecule has 0 saturated carbocycles. The molecule has 0 fully saturated rings. The van der Waals surface area contributed by atoms with Crippen LogP contribution in [0.25, 0.3) is 0 Å². The summed E-state index contributed by atoms with van der Waals surface area (Å²) in [6, 6.07) is 11.3. The number of methoxy groups -OCH3 is 1. The number of carbonyl (C=O) groups is 2. The van der Waals surface area contributed by atoms with Crippen LogP contribution in [0.4, 0.5) is 5.69 Å². The number of nitrogens with zero attached hydrogens (tertiary/aromatic N) is 2. The molecule has 0 aliphatic carbocycles. The minimum absolute atomic E-state index is 0.0638. The van der Waals surface area contributed by atoms with E-state index in [0.29, 0.717) is 11.4 Å². The summed E-state index contributed by atoms with van der Waals surface area (Å²) in [5.41, 5.74) is 2.04. The molecule has 36 heavy (non-hydrogen) atoms. The molecular weight excluding hydrogens is 502 g/mol. The molecule has 2 rings (SSSR count). The molecule has 2 amide bonds. The lowest BCUT2D eigenvalue weighted by atomic mass is 10.1. The third-order valence-electron chi connectivity index (χ3n) is 5.95. The summed E-state index contributed by atoms with van der Waals surface area (Å²) >= 11 is 6.14. The van der Waals surface area contributed by atoms with E-state index in [1.807, 2.05) is 52.0 Å². The molecular formula is C26H36ClN3O5S. The molecule has 2 aromatic rings. The first kappa shape index (κ1) is 29.5. The smallest absolute Gasteiger partial charge is 0.244 e. The van der Waals surface area contributed by atoms with Gasteiger partial charge in [0.25, 0.3) is 0 Å². The minimum Gasteiger partial charge on any atom is -0.495 e. The lowest BCUT2D eigenvalue weighted by molar-refractivity contribution is -0.140. The Kier molecular flexibility index (Phi) is 10.6. The molecule has 0 saturated heterocycles. The Labute approximate surface area is 219 Å². The third-order valence-corrected chi connectivity index (χ3v) is 7.31. The number of amides is 2. The quantitative estimate of drug-likeness (QED) is 0.439. The van der Waals surface area contributed by atoms with Crippen molar-refractivity contribution < 1.29 is 22.7 Å². The molecule has 0 aromatic heterocycles. The second-order valence-electron chi connectivity index (χ2n) is 8.83. The summed E-state index contributed by atoms with van der Waals surface area (Å²) in [5, 5.41) is 3.24. The maximum Gasteiger partial charge on any atom is 0.244 e. The second-order valence-corrected chi connectivity index (χ2v) is 11.2. The van der Waals surface area contributed by atoms with Crippen molar-refractivity contribution >= 4 is 39.1 Å². The van der Waals surface area contributed by atoms with Crippen LogP contribution in [0.3, 0.4) is 0 Å². The zero-order valence-corrected chi connectivity index (χ0v) is 23.3. The molecule has 0 spiro atoms.